The molecule has 20 heavy (non-hydrogen) atoms. The lowest BCUT2D eigenvalue weighted by molar-refractivity contribution is -0.157. The van der Waals surface area contributed by atoms with Crippen LogP contribution in [0.1, 0.15) is 52.9 Å². The molecule has 1 aliphatic carbocycles. The number of aliphatic carboxylic acids is 1. The predicted octanol–water partition coefficient (Wildman–Crippen LogP) is 2.77. The van der Waals surface area contributed by atoms with E-state index in [-0.39, 0.29) is 6.10 Å². The third-order valence-electron chi connectivity index (χ3n) is 5.10. The fourth-order valence-electron chi connectivity index (χ4n) is 3.94. The van der Waals surface area contributed by atoms with Crippen LogP contribution in [0.4, 0.5) is 0 Å². The molecule has 1 heterocycles. The maximum absolute atomic E-state index is 11.9. The van der Waals surface area contributed by atoms with Crippen LogP contribution < -0.4 is 0 Å². The number of ether oxygens (including phenoxy) is 1. The van der Waals surface area contributed by atoms with Crippen molar-refractivity contribution in [2.24, 2.45) is 11.3 Å². The fraction of sp³-hybridized carbons (Fsp3) is 0.938. The maximum Gasteiger partial charge on any atom is 0.310 e. The van der Waals surface area contributed by atoms with Gasteiger partial charge in [-0.3, -0.25) is 9.69 Å². The Morgan fingerprint density at radius 1 is 1.45 bits per heavy atom. The van der Waals surface area contributed by atoms with Gasteiger partial charge in [0, 0.05) is 19.1 Å². The smallest absolute Gasteiger partial charge is 0.310 e. The van der Waals surface area contributed by atoms with Crippen molar-refractivity contribution in [2.45, 2.75) is 65.0 Å². The van der Waals surface area contributed by atoms with Gasteiger partial charge in [0.2, 0.25) is 0 Å². The SMILES string of the molecule is CCC1COC(C)CN1CC1(C(=O)O)CCCC(C)C1. The molecule has 2 rings (SSSR count). The van der Waals surface area contributed by atoms with Gasteiger partial charge in [-0.15, -0.1) is 0 Å². The summed E-state index contributed by atoms with van der Waals surface area (Å²) in [7, 11) is 0. The van der Waals surface area contributed by atoms with Crippen LogP contribution >= 0.6 is 0 Å². The Bertz CT molecular complexity index is 347. The summed E-state index contributed by atoms with van der Waals surface area (Å²) in [6.07, 6.45) is 5.11. The molecule has 1 N–H and O–H groups in total. The van der Waals surface area contributed by atoms with Crippen LogP contribution in [0.3, 0.4) is 0 Å². The lowest BCUT2D eigenvalue weighted by Gasteiger charge is -2.45. The summed E-state index contributed by atoms with van der Waals surface area (Å²) in [6, 6.07) is 0.375. The van der Waals surface area contributed by atoms with Gasteiger partial charge >= 0.3 is 5.97 Å². The predicted molar refractivity (Wildman–Crippen MR) is 78.8 cm³/mol. The molecule has 2 fully saturated rings. The number of carbonyl (C=O) groups is 1. The molecule has 4 nitrogen and oxygen atoms in total. The van der Waals surface area contributed by atoms with Crippen molar-refractivity contribution in [3.8, 4) is 0 Å². The van der Waals surface area contributed by atoms with Crippen LogP contribution in [-0.2, 0) is 9.53 Å². The fourth-order valence-corrected chi connectivity index (χ4v) is 3.94. The zero-order valence-electron chi connectivity index (χ0n) is 13.1. The van der Waals surface area contributed by atoms with Crippen molar-refractivity contribution in [3.63, 3.8) is 0 Å². The third-order valence-corrected chi connectivity index (χ3v) is 5.10. The molecule has 4 heteroatoms. The molecule has 1 aliphatic heterocycles. The summed E-state index contributed by atoms with van der Waals surface area (Å²) in [4.78, 5) is 14.3. The van der Waals surface area contributed by atoms with Crippen molar-refractivity contribution in [3.05, 3.63) is 0 Å². The average molecular weight is 283 g/mol. The maximum atomic E-state index is 11.9. The van der Waals surface area contributed by atoms with Crippen molar-refractivity contribution in [2.75, 3.05) is 19.7 Å². The van der Waals surface area contributed by atoms with Crippen LogP contribution in [0.25, 0.3) is 0 Å². The van der Waals surface area contributed by atoms with Crippen molar-refractivity contribution in [1.29, 1.82) is 0 Å². The minimum Gasteiger partial charge on any atom is -0.481 e. The molecule has 0 aromatic rings. The summed E-state index contributed by atoms with van der Waals surface area (Å²) in [5.74, 6) is -0.0727. The Morgan fingerprint density at radius 3 is 2.80 bits per heavy atom. The monoisotopic (exact) mass is 283 g/mol. The van der Waals surface area contributed by atoms with Crippen LogP contribution in [0.5, 0.6) is 0 Å². The summed E-state index contributed by atoms with van der Waals surface area (Å²) in [6.45, 7) is 8.73. The van der Waals surface area contributed by atoms with Crippen molar-refractivity contribution in [1.82, 2.24) is 4.90 Å². The highest BCUT2D eigenvalue weighted by Crippen LogP contribution is 2.41. The van der Waals surface area contributed by atoms with E-state index in [1.54, 1.807) is 0 Å². The second kappa shape index (κ2) is 6.44. The van der Waals surface area contributed by atoms with E-state index in [1.165, 1.54) is 6.42 Å². The first-order chi connectivity index (χ1) is 9.47. The summed E-state index contributed by atoms with van der Waals surface area (Å²) >= 11 is 0. The van der Waals surface area contributed by atoms with Gasteiger partial charge in [0.1, 0.15) is 0 Å². The van der Waals surface area contributed by atoms with E-state index in [9.17, 15) is 9.90 Å². The van der Waals surface area contributed by atoms with E-state index >= 15 is 0 Å². The highest BCUT2D eigenvalue weighted by molar-refractivity contribution is 5.75. The van der Waals surface area contributed by atoms with Gasteiger partial charge in [-0.25, -0.2) is 0 Å². The van der Waals surface area contributed by atoms with Crippen LogP contribution in [0, 0.1) is 11.3 Å². The first-order valence-electron chi connectivity index (χ1n) is 8.06. The number of hydrogen-bond acceptors (Lipinski definition) is 3. The number of carboxylic acids is 1. The molecule has 0 radical (unpaired) electrons. The highest BCUT2D eigenvalue weighted by atomic mass is 16.5. The first-order valence-corrected chi connectivity index (χ1v) is 8.06. The number of morpholine rings is 1. The second-order valence-electron chi connectivity index (χ2n) is 6.92. The van der Waals surface area contributed by atoms with Gasteiger partial charge in [0.05, 0.1) is 18.1 Å². The number of nitrogens with zero attached hydrogens (tertiary/aromatic N) is 1. The molecule has 1 saturated heterocycles. The van der Waals surface area contributed by atoms with E-state index in [2.05, 4.69) is 25.7 Å². The minimum atomic E-state index is -0.599. The van der Waals surface area contributed by atoms with Gasteiger partial charge in [-0.05, 0) is 32.1 Å². The Hall–Kier alpha value is -0.610. The average Bonchev–Trinajstić information content (AvgIpc) is 2.39. The third kappa shape index (κ3) is 3.34. The van der Waals surface area contributed by atoms with E-state index in [1.807, 2.05) is 0 Å². The molecule has 4 atom stereocenters. The Labute approximate surface area is 122 Å². The molecule has 0 aromatic carbocycles. The molecule has 0 bridgehead atoms. The van der Waals surface area contributed by atoms with Gasteiger partial charge in [0.25, 0.3) is 0 Å². The van der Waals surface area contributed by atoms with Crippen molar-refractivity contribution >= 4 is 5.97 Å². The lowest BCUT2D eigenvalue weighted by Crippen LogP contribution is -2.55. The molecular formula is C16H29NO3. The molecule has 2 aliphatic rings. The zero-order chi connectivity index (χ0) is 14.8. The molecule has 0 aromatic heterocycles. The quantitative estimate of drug-likeness (QED) is 0.862. The molecular weight excluding hydrogens is 254 g/mol. The topological polar surface area (TPSA) is 49.8 Å². The molecule has 116 valence electrons. The van der Waals surface area contributed by atoms with Gasteiger partial charge in [0.15, 0.2) is 0 Å². The largest absolute Gasteiger partial charge is 0.481 e. The van der Waals surface area contributed by atoms with E-state index < -0.39 is 11.4 Å². The minimum absolute atomic E-state index is 0.213. The second-order valence-corrected chi connectivity index (χ2v) is 6.92. The Balaban J connectivity index is 2.12. The number of hydrogen-bond donors (Lipinski definition) is 1. The molecule has 0 spiro atoms. The Morgan fingerprint density at radius 2 is 2.20 bits per heavy atom. The summed E-state index contributed by atoms with van der Waals surface area (Å²) in [5.41, 5.74) is -0.540. The molecule has 0 amide bonds. The highest BCUT2D eigenvalue weighted by Gasteiger charge is 2.44. The number of rotatable bonds is 4. The van der Waals surface area contributed by atoms with Crippen LogP contribution in [-0.4, -0.2) is 47.8 Å². The summed E-state index contributed by atoms with van der Waals surface area (Å²) in [5, 5.41) is 9.80. The van der Waals surface area contributed by atoms with Crippen molar-refractivity contribution < 1.29 is 14.6 Å². The van der Waals surface area contributed by atoms with Gasteiger partial charge in [-0.2, -0.15) is 0 Å². The lowest BCUT2D eigenvalue weighted by atomic mass is 9.69. The van der Waals surface area contributed by atoms with Crippen LogP contribution in [0.2, 0.25) is 0 Å². The number of carboxylic acid groups (broad SMARTS) is 1. The van der Waals surface area contributed by atoms with E-state index in [0.717, 1.165) is 38.8 Å². The zero-order valence-corrected chi connectivity index (χ0v) is 13.1. The normalized spacial score (nSPS) is 39.6. The van der Waals surface area contributed by atoms with Gasteiger partial charge < -0.3 is 9.84 Å². The Kier molecular flexibility index (Phi) is 5.08. The summed E-state index contributed by atoms with van der Waals surface area (Å²) < 4.78 is 5.73. The van der Waals surface area contributed by atoms with E-state index in [0.29, 0.717) is 18.5 Å². The standard InChI is InChI=1S/C16H29NO3/c1-4-14-10-20-13(3)9-17(14)11-16(15(18)19)7-5-6-12(2)8-16/h12-14H,4-11H2,1-3H3,(H,18,19). The molecule has 1 saturated carbocycles. The van der Waals surface area contributed by atoms with Crippen LogP contribution in [0.15, 0.2) is 0 Å². The van der Waals surface area contributed by atoms with E-state index in [4.69, 9.17) is 4.74 Å². The van der Waals surface area contributed by atoms with Gasteiger partial charge in [-0.1, -0.05) is 26.7 Å². The molecule has 4 unspecified atom stereocenters. The first kappa shape index (κ1) is 15.8.